The maximum absolute atomic E-state index is 4.68. The molecule has 82 valence electrons. The third-order valence-electron chi connectivity index (χ3n) is 2.95. The van der Waals surface area contributed by atoms with E-state index >= 15 is 0 Å². The fraction of sp³-hybridized carbons (Fsp3) is 0.0625. The number of aromatic nitrogens is 1. The van der Waals surface area contributed by atoms with Crippen molar-refractivity contribution >= 4 is 10.9 Å². The first-order valence-corrected chi connectivity index (χ1v) is 5.76. The zero-order valence-corrected chi connectivity index (χ0v) is 9.72. The van der Waals surface area contributed by atoms with Gasteiger partial charge >= 0.3 is 0 Å². The zero-order valence-electron chi connectivity index (χ0n) is 9.72. The Morgan fingerprint density at radius 2 is 1.53 bits per heavy atom. The summed E-state index contributed by atoms with van der Waals surface area (Å²) in [6, 6.07) is 20.9. The number of para-hydroxylation sites is 1. The summed E-state index contributed by atoms with van der Waals surface area (Å²) in [6.45, 7) is 2.09. The Hall–Kier alpha value is -2.15. The summed E-state index contributed by atoms with van der Waals surface area (Å²) < 4.78 is 0. The van der Waals surface area contributed by atoms with E-state index in [1.807, 2.05) is 18.2 Å². The van der Waals surface area contributed by atoms with Gasteiger partial charge in [-0.2, -0.15) is 0 Å². The van der Waals surface area contributed by atoms with Gasteiger partial charge in [-0.3, -0.25) is 0 Å². The molecule has 0 unspecified atom stereocenters. The topological polar surface area (TPSA) is 12.9 Å². The average molecular weight is 219 g/mol. The summed E-state index contributed by atoms with van der Waals surface area (Å²) in [7, 11) is 0. The molecule has 1 aromatic heterocycles. The SMILES string of the molecule is Cc1ccc(-c2ccc3ccccc3n2)cc1. The molecule has 0 aliphatic carbocycles. The first-order chi connectivity index (χ1) is 8.33. The Kier molecular flexibility index (Phi) is 2.37. The van der Waals surface area contributed by atoms with E-state index in [0.717, 1.165) is 11.2 Å². The van der Waals surface area contributed by atoms with Gasteiger partial charge in [-0.15, -0.1) is 0 Å². The van der Waals surface area contributed by atoms with Crippen LogP contribution in [0.1, 0.15) is 5.56 Å². The van der Waals surface area contributed by atoms with Gasteiger partial charge in [-0.25, -0.2) is 4.98 Å². The number of fused-ring (bicyclic) bond motifs is 1. The molecule has 0 aliphatic rings. The minimum Gasteiger partial charge on any atom is -0.248 e. The fourth-order valence-electron chi connectivity index (χ4n) is 1.95. The van der Waals surface area contributed by atoms with Crippen LogP contribution in [0.5, 0.6) is 0 Å². The lowest BCUT2D eigenvalue weighted by Gasteiger charge is -2.03. The van der Waals surface area contributed by atoms with Gasteiger partial charge in [-0.1, -0.05) is 54.1 Å². The molecule has 1 nitrogen and oxygen atoms in total. The highest BCUT2D eigenvalue weighted by Crippen LogP contribution is 2.21. The summed E-state index contributed by atoms with van der Waals surface area (Å²) in [6.07, 6.45) is 0. The van der Waals surface area contributed by atoms with Gasteiger partial charge in [0.1, 0.15) is 0 Å². The molecule has 3 aromatic rings. The maximum Gasteiger partial charge on any atom is 0.0709 e. The third kappa shape index (κ3) is 1.92. The number of benzene rings is 2. The second-order valence-electron chi connectivity index (χ2n) is 4.26. The number of pyridine rings is 1. The molecule has 1 heterocycles. The molecule has 0 aliphatic heterocycles. The van der Waals surface area contributed by atoms with Gasteiger partial charge in [0.2, 0.25) is 0 Å². The molecule has 0 bridgehead atoms. The van der Waals surface area contributed by atoms with Crippen LogP contribution in [0.3, 0.4) is 0 Å². The molecule has 0 saturated carbocycles. The van der Waals surface area contributed by atoms with Crippen LogP contribution in [-0.4, -0.2) is 4.98 Å². The van der Waals surface area contributed by atoms with Crippen LogP contribution in [0, 0.1) is 6.92 Å². The first kappa shape index (κ1) is 10.0. The van der Waals surface area contributed by atoms with Gasteiger partial charge in [-0.05, 0) is 19.1 Å². The normalized spacial score (nSPS) is 10.6. The molecular weight excluding hydrogens is 206 g/mol. The molecule has 1 heteroatoms. The van der Waals surface area contributed by atoms with Gasteiger partial charge in [0.15, 0.2) is 0 Å². The molecule has 2 aromatic carbocycles. The lowest BCUT2D eigenvalue weighted by Crippen LogP contribution is -1.85. The number of rotatable bonds is 1. The first-order valence-electron chi connectivity index (χ1n) is 5.76. The van der Waals surface area contributed by atoms with Gasteiger partial charge < -0.3 is 0 Å². The predicted molar refractivity (Wildman–Crippen MR) is 71.9 cm³/mol. The van der Waals surface area contributed by atoms with E-state index in [2.05, 4.69) is 54.4 Å². The van der Waals surface area contributed by atoms with E-state index in [-0.39, 0.29) is 0 Å². The molecule has 0 radical (unpaired) electrons. The second-order valence-corrected chi connectivity index (χ2v) is 4.26. The Morgan fingerprint density at radius 3 is 2.35 bits per heavy atom. The molecular formula is C16H13N. The van der Waals surface area contributed by atoms with E-state index < -0.39 is 0 Å². The van der Waals surface area contributed by atoms with Crippen LogP contribution in [0.2, 0.25) is 0 Å². The molecule has 0 atom stereocenters. The molecule has 0 saturated heterocycles. The summed E-state index contributed by atoms with van der Waals surface area (Å²) in [5, 5.41) is 1.18. The monoisotopic (exact) mass is 219 g/mol. The highest BCUT2D eigenvalue weighted by molar-refractivity contribution is 5.81. The van der Waals surface area contributed by atoms with Gasteiger partial charge in [0.25, 0.3) is 0 Å². The van der Waals surface area contributed by atoms with E-state index in [1.165, 1.54) is 16.5 Å². The fourth-order valence-corrected chi connectivity index (χ4v) is 1.95. The number of aryl methyl sites for hydroxylation is 1. The highest BCUT2D eigenvalue weighted by atomic mass is 14.7. The highest BCUT2D eigenvalue weighted by Gasteiger charge is 2.00. The molecule has 0 amide bonds. The molecule has 0 spiro atoms. The Bertz CT molecular complexity index is 654. The van der Waals surface area contributed by atoms with Crippen molar-refractivity contribution < 1.29 is 0 Å². The van der Waals surface area contributed by atoms with Gasteiger partial charge in [0.05, 0.1) is 11.2 Å². The minimum atomic E-state index is 1.03. The van der Waals surface area contributed by atoms with Crippen molar-refractivity contribution in [3.63, 3.8) is 0 Å². The quantitative estimate of drug-likeness (QED) is 0.597. The van der Waals surface area contributed by atoms with Crippen LogP contribution < -0.4 is 0 Å². The van der Waals surface area contributed by atoms with Crippen molar-refractivity contribution in [2.24, 2.45) is 0 Å². The van der Waals surface area contributed by atoms with Crippen LogP contribution in [0.4, 0.5) is 0 Å². The lowest BCUT2D eigenvalue weighted by atomic mass is 10.1. The van der Waals surface area contributed by atoms with E-state index in [4.69, 9.17) is 0 Å². The largest absolute Gasteiger partial charge is 0.248 e. The van der Waals surface area contributed by atoms with Crippen molar-refractivity contribution in [3.05, 3.63) is 66.2 Å². The maximum atomic E-state index is 4.68. The van der Waals surface area contributed by atoms with E-state index in [1.54, 1.807) is 0 Å². The van der Waals surface area contributed by atoms with E-state index in [9.17, 15) is 0 Å². The summed E-state index contributed by atoms with van der Waals surface area (Å²) in [5.74, 6) is 0. The number of hydrogen-bond acceptors (Lipinski definition) is 1. The number of nitrogens with zero attached hydrogens (tertiary/aromatic N) is 1. The molecule has 17 heavy (non-hydrogen) atoms. The average Bonchev–Trinajstić information content (AvgIpc) is 2.39. The predicted octanol–water partition coefficient (Wildman–Crippen LogP) is 4.21. The van der Waals surface area contributed by atoms with Crippen LogP contribution >= 0.6 is 0 Å². The Labute approximate surface area is 101 Å². The van der Waals surface area contributed by atoms with Crippen molar-refractivity contribution in [1.29, 1.82) is 0 Å². The van der Waals surface area contributed by atoms with E-state index in [0.29, 0.717) is 0 Å². The van der Waals surface area contributed by atoms with Crippen LogP contribution in [0.25, 0.3) is 22.2 Å². The summed E-state index contributed by atoms with van der Waals surface area (Å²) in [4.78, 5) is 4.68. The van der Waals surface area contributed by atoms with Crippen molar-refractivity contribution in [2.75, 3.05) is 0 Å². The smallest absolute Gasteiger partial charge is 0.0709 e. The van der Waals surface area contributed by atoms with Crippen LogP contribution in [0.15, 0.2) is 60.7 Å². The van der Waals surface area contributed by atoms with Crippen molar-refractivity contribution in [3.8, 4) is 11.3 Å². The van der Waals surface area contributed by atoms with Crippen molar-refractivity contribution in [1.82, 2.24) is 4.98 Å². The van der Waals surface area contributed by atoms with Gasteiger partial charge in [0, 0.05) is 10.9 Å². The van der Waals surface area contributed by atoms with Crippen molar-refractivity contribution in [2.45, 2.75) is 6.92 Å². The summed E-state index contributed by atoms with van der Waals surface area (Å²) >= 11 is 0. The standard InChI is InChI=1S/C16H13N/c1-12-6-8-14(9-7-12)16-11-10-13-4-2-3-5-15(13)17-16/h2-11H,1H3. The lowest BCUT2D eigenvalue weighted by molar-refractivity contribution is 1.38. The van der Waals surface area contributed by atoms with Crippen LogP contribution in [-0.2, 0) is 0 Å². The Morgan fingerprint density at radius 1 is 0.765 bits per heavy atom. The third-order valence-corrected chi connectivity index (χ3v) is 2.95. The number of hydrogen-bond donors (Lipinski definition) is 0. The second kappa shape index (κ2) is 4.02. The summed E-state index contributed by atoms with van der Waals surface area (Å²) in [5.41, 5.74) is 4.52. The minimum absolute atomic E-state index is 1.03. The molecule has 3 rings (SSSR count). The zero-order chi connectivity index (χ0) is 11.7. The molecule has 0 fully saturated rings. The molecule has 0 N–H and O–H groups in total. The Balaban J connectivity index is 2.14.